The molecule has 7 heteroatoms. The Morgan fingerprint density at radius 2 is 2.05 bits per heavy atom. The lowest BCUT2D eigenvalue weighted by atomic mass is 10.3. The van der Waals surface area contributed by atoms with Gasteiger partial charge < -0.3 is 10.5 Å². The van der Waals surface area contributed by atoms with Gasteiger partial charge in [-0.3, -0.25) is 0 Å². The van der Waals surface area contributed by atoms with Crippen LogP contribution in [0.4, 0.5) is 5.69 Å². The number of benzene rings is 1. The van der Waals surface area contributed by atoms with E-state index in [9.17, 15) is 8.42 Å². The van der Waals surface area contributed by atoms with Gasteiger partial charge >= 0.3 is 0 Å². The molecule has 0 unspecified atom stereocenters. The van der Waals surface area contributed by atoms with Crippen LogP contribution in [0.25, 0.3) is 0 Å². The summed E-state index contributed by atoms with van der Waals surface area (Å²) in [6, 6.07) is 4.27. The number of likely N-dealkylation sites (N-methyl/N-ethyl adjacent to an activating group) is 1. The zero-order valence-electron chi connectivity index (χ0n) is 11.3. The highest BCUT2D eigenvalue weighted by molar-refractivity contribution is 7.89. The SMILES string of the molecule is CC(C)OCCN(C)S(=O)(=O)c1ccc(N)c(Cl)c1. The first kappa shape index (κ1) is 16.2. The lowest BCUT2D eigenvalue weighted by molar-refractivity contribution is 0.0737. The van der Waals surface area contributed by atoms with Crippen LogP contribution in [0.2, 0.25) is 5.02 Å². The second kappa shape index (κ2) is 6.56. The molecule has 0 aromatic heterocycles. The lowest BCUT2D eigenvalue weighted by Gasteiger charge is -2.18. The molecule has 0 aliphatic carbocycles. The zero-order valence-corrected chi connectivity index (χ0v) is 12.8. The highest BCUT2D eigenvalue weighted by Gasteiger charge is 2.21. The highest BCUT2D eigenvalue weighted by atomic mass is 35.5. The largest absolute Gasteiger partial charge is 0.398 e. The minimum Gasteiger partial charge on any atom is -0.398 e. The molecule has 0 heterocycles. The van der Waals surface area contributed by atoms with Crippen LogP contribution in [0.5, 0.6) is 0 Å². The number of halogens is 1. The summed E-state index contributed by atoms with van der Waals surface area (Å²) < 4.78 is 31.1. The number of ether oxygens (including phenoxy) is 1. The van der Waals surface area contributed by atoms with E-state index in [1.165, 1.54) is 29.6 Å². The minimum absolute atomic E-state index is 0.0714. The van der Waals surface area contributed by atoms with Crippen molar-refractivity contribution in [3.63, 3.8) is 0 Å². The maximum atomic E-state index is 12.2. The predicted octanol–water partition coefficient (Wildman–Crippen LogP) is 1.97. The molecule has 0 bridgehead atoms. The number of rotatable bonds is 6. The standard InChI is InChI=1S/C12H19ClN2O3S/c1-9(2)18-7-6-15(3)19(16,17)10-4-5-12(14)11(13)8-10/h4-5,8-9H,6-7,14H2,1-3H3. The normalized spacial score (nSPS) is 12.3. The van der Waals surface area contributed by atoms with Crippen molar-refractivity contribution in [2.24, 2.45) is 0 Å². The van der Waals surface area contributed by atoms with Crippen LogP contribution < -0.4 is 5.73 Å². The molecule has 19 heavy (non-hydrogen) atoms. The zero-order chi connectivity index (χ0) is 14.6. The van der Waals surface area contributed by atoms with E-state index in [4.69, 9.17) is 22.1 Å². The predicted molar refractivity (Wildman–Crippen MR) is 76.8 cm³/mol. The summed E-state index contributed by atoms with van der Waals surface area (Å²) in [4.78, 5) is 0.124. The van der Waals surface area contributed by atoms with Crippen molar-refractivity contribution < 1.29 is 13.2 Å². The first-order chi connectivity index (χ1) is 8.75. The first-order valence-electron chi connectivity index (χ1n) is 5.88. The Morgan fingerprint density at radius 3 is 2.58 bits per heavy atom. The molecule has 0 fully saturated rings. The van der Waals surface area contributed by atoms with Gasteiger partial charge in [0.25, 0.3) is 0 Å². The summed E-state index contributed by atoms with van der Waals surface area (Å²) in [5, 5.41) is 0.230. The summed E-state index contributed by atoms with van der Waals surface area (Å²) in [7, 11) is -2.06. The van der Waals surface area contributed by atoms with E-state index < -0.39 is 10.0 Å². The maximum Gasteiger partial charge on any atom is 0.242 e. The second-order valence-corrected chi connectivity index (χ2v) is 6.88. The van der Waals surface area contributed by atoms with Crippen molar-refractivity contribution in [3.05, 3.63) is 23.2 Å². The summed E-state index contributed by atoms with van der Waals surface area (Å²) in [5.74, 6) is 0. The van der Waals surface area contributed by atoms with Crippen molar-refractivity contribution in [3.8, 4) is 0 Å². The number of sulfonamides is 1. The van der Waals surface area contributed by atoms with Gasteiger partial charge in [0.1, 0.15) is 0 Å². The van der Waals surface area contributed by atoms with Gasteiger partial charge in [-0.25, -0.2) is 8.42 Å². The van der Waals surface area contributed by atoms with E-state index >= 15 is 0 Å². The number of anilines is 1. The topological polar surface area (TPSA) is 72.6 Å². The molecule has 0 radical (unpaired) electrons. The first-order valence-corrected chi connectivity index (χ1v) is 7.70. The molecule has 5 nitrogen and oxygen atoms in total. The van der Waals surface area contributed by atoms with E-state index in [-0.39, 0.29) is 22.6 Å². The third kappa shape index (κ3) is 4.35. The smallest absolute Gasteiger partial charge is 0.242 e. The highest BCUT2D eigenvalue weighted by Crippen LogP contribution is 2.24. The van der Waals surface area contributed by atoms with Gasteiger partial charge in [-0.1, -0.05) is 11.6 Å². The van der Waals surface area contributed by atoms with Gasteiger partial charge in [-0.2, -0.15) is 4.31 Å². The van der Waals surface area contributed by atoms with E-state index in [0.29, 0.717) is 12.3 Å². The summed E-state index contributed by atoms with van der Waals surface area (Å²) in [5.41, 5.74) is 5.91. The molecule has 108 valence electrons. The van der Waals surface area contributed by atoms with Crippen LogP contribution in [0.1, 0.15) is 13.8 Å². The van der Waals surface area contributed by atoms with Crippen molar-refractivity contribution >= 4 is 27.3 Å². The van der Waals surface area contributed by atoms with E-state index in [0.717, 1.165) is 0 Å². The molecule has 1 aromatic carbocycles. The molecule has 0 spiro atoms. The third-order valence-corrected chi connectivity index (χ3v) is 4.72. The lowest BCUT2D eigenvalue weighted by Crippen LogP contribution is -2.30. The molecule has 0 saturated carbocycles. The average Bonchev–Trinajstić information content (AvgIpc) is 2.31. The molecule has 0 amide bonds. The Labute approximate surface area is 119 Å². The van der Waals surface area contributed by atoms with Crippen molar-refractivity contribution in [1.82, 2.24) is 4.31 Å². The molecule has 2 N–H and O–H groups in total. The molecule has 0 aliphatic rings. The summed E-state index contributed by atoms with van der Waals surface area (Å²) >= 11 is 5.84. The number of nitrogen functional groups attached to an aromatic ring is 1. The number of nitrogens with zero attached hydrogens (tertiary/aromatic N) is 1. The third-order valence-electron chi connectivity index (χ3n) is 2.54. The van der Waals surface area contributed by atoms with Gasteiger partial charge in [-0.05, 0) is 32.0 Å². The number of nitrogens with two attached hydrogens (primary N) is 1. The van der Waals surface area contributed by atoms with Crippen LogP contribution in [-0.4, -0.2) is 39.0 Å². The minimum atomic E-state index is -3.56. The van der Waals surface area contributed by atoms with Crippen molar-refractivity contribution in [2.45, 2.75) is 24.8 Å². The quantitative estimate of drug-likeness (QED) is 0.816. The van der Waals surface area contributed by atoms with Crippen molar-refractivity contribution in [2.75, 3.05) is 25.9 Å². The van der Waals surface area contributed by atoms with Gasteiger partial charge in [0.05, 0.1) is 28.3 Å². The Bertz CT molecular complexity index is 532. The molecule has 1 rings (SSSR count). The van der Waals surface area contributed by atoms with Gasteiger partial charge in [0, 0.05) is 13.6 Å². The molecule has 0 atom stereocenters. The molecule has 0 saturated heterocycles. The summed E-state index contributed by atoms with van der Waals surface area (Å²) in [6.07, 6.45) is 0.0714. The fraction of sp³-hybridized carbons (Fsp3) is 0.500. The van der Waals surface area contributed by atoms with Gasteiger partial charge in [0.2, 0.25) is 10.0 Å². The summed E-state index contributed by atoms with van der Waals surface area (Å²) in [6.45, 7) is 4.42. The maximum absolute atomic E-state index is 12.2. The van der Waals surface area contributed by atoms with E-state index in [2.05, 4.69) is 0 Å². The van der Waals surface area contributed by atoms with Crippen LogP contribution in [0, 0.1) is 0 Å². The van der Waals surface area contributed by atoms with Crippen LogP contribution in [-0.2, 0) is 14.8 Å². The number of hydrogen-bond donors (Lipinski definition) is 1. The van der Waals surface area contributed by atoms with E-state index in [1.54, 1.807) is 0 Å². The van der Waals surface area contributed by atoms with Crippen LogP contribution >= 0.6 is 11.6 Å². The number of hydrogen-bond acceptors (Lipinski definition) is 4. The Morgan fingerprint density at radius 1 is 1.42 bits per heavy atom. The van der Waals surface area contributed by atoms with Gasteiger partial charge in [0.15, 0.2) is 0 Å². The van der Waals surface area contributed by atoms with Crippen LogP contribution in [0.15, 0.2) is 23.1 Å². The van der Waals surface area contributed by atoms with Gasteiger partial charge in [-0.15, -0.1) is 0 Å². The van der Waals surface area contributed by atoms with Crippen LogP contribution in [0.3, 0.4) is 0 Å². The fourth-order valence-electron chi connectivity index (χ4n) is 1.39. The Hall–Kier alpha value is -0.820. The molecule has 1 aromatic rings. The van der Waals surface area contributed by atoms with Crippen molar-refractivity contribution in [1.29, 1.82) is 0 Å². The second-order valence-electron chi connectivity index (χ2n) is 4.43. The van der Waals surface area contributed by atoms with E-state index in [1.807, 2.05) is 13.8 Å². The molecular formula is C12H19ClN2O3S. The Balaban J connectivity index is 2.81. The monoisotopic (exact) mass is 306 g/mol. The fourth-order valence-corrected chi connectivity index (χ4v) is 2.81. The molecule has 0 aliphatic heterocycles. The molecular weight excluding hydrogens is 288 g/mol. The average molecular weight is 307 g/mol. The Kier molecular flexibility index (Phi) is 5.61.